The molecule has 5 heteroatoms. The number of hydrogen-bond donors (Lipinski definition) is 2. The monoisotopic (exact) mass is 306 g/mol. The van der Waals surface area contributed by atoms with Crippen LogP contribution in [0.5, 0.6) is 5.75 Å². The van der Waals surface area contributed by atoms with Gasteiger partial charge in [-0.25, -0.2) is 4.79 Å². The third kappa shape index (κ3) is 2.31. The second-order valence-corrected chi connectivity index (χ2v) is 4.61. The fraction of sp³-hybridized carbons (Fsp3) is 0. The standard InChI is InChI=1S/C13H10BrNO3/c14-10-5-8(13(17)18)6-11(15)12(10)7-1-3-9(16)4-2-7/h1-6,16H,15H2,(H,17,18)/p-1. The molecule has 4 nitrogen and oxygen atoms in total. The number of carbonyl (C=O) groups is 1. The molecule has 0 spiro atoms. The molecule has 2 aromatic rings. The number of anilines is 1. The highest BCUT2D eigenvalue weighted by atomic mass is 79.9. The van der Waals surface area contributed by atoms with E-state index < -0.39 is 5.97 Å². The van der Waals surface area contributed by atoms with E-state index in [2.05, 4.69) is 15.9 Å². The van der Waals surface area contributed by atoms with Crippen molar-refractivity contribution in [3.63, 3.8) is 0 Å². The molecular weight excluding hydrogens is 298 g/mol. The van der Waals surface area contributed by atoms with Crippen LogP contribution in [0.15, 0.2) is 40.9 Å². The molecule has 3 N–H and O–H groups in total. The van der Waals surface area contributed by atoms with Crippen LogP contribution in [0.1, 0.15) is 10.4 Å². The van der Waals surface area contributed by atoms with E-state index in [1.807, 2.05) is 0 Å². The van der Waals surface area contributed by atoms with Crippen molar-refractivity contribution in [2.75, 3.05) is 5.73 Å². The van der Waals surface area contributed by atoms with Gasteiger partial charge in [0.1, 0.15) is 0 Å². The summed E-state index contributed by atoms with van der Waals surface area (Å²) in [4.78, 5) is 10.9. The van der Waals surface area contributed by atoms with Gasteiger partial charge >= 0.3 is 5.97 Å². The van der Waals surface area contributed by atoms with Crippen LogP contribution >= 0.6 is 15.9 Å². The molecule has 0 bridgehead atoms. The molecule has 2 aromatic carbocycles. The molecule has 0 aliphatic heterocycles. The molecule has 2 rings (SSSR count). The van der Waals surface area contributed by atoms with Gasteiger partial charge in [-0.2, -0.15) is 0 Å². The Bertz CT molecular complexity index is 585. The third-order valence-electron chi connectivity index (χ3n) is 2.51. The number of benzene rings is 2. The van der Waals surface area contributed by atoms with Gasteiger partial charge in [0.25, 0.3) is 0 Å². The zero-order valence-corrected chi connectivity index (χ0v) is 10.8. The van der Waals surface area contributed by atoms with Crippen molar-refractivity contribution < 1.29 is 15.0 Å². The smallest absolute Gasteiger partial charge is 0.335 e. The predicted molar refractivity (Wildman–Crippen MR) is 70.4 cm³/mol. The van der Waals surface area contributed by atoms with Crippen molar-refractivity contribution in [2.24, 2.45) is 0 Å². The van der Waals surface area contributed by atoms with Gasteiger partial charge in [-0.3, -0.25) is 0 Å². The first-order valence-electron chi connectivity index (χ1n) is 5.09. The first-order valence-corrected chi connectivity index (χ1v) is 5.88. The van der Waals surface area contributed by atoms with Gasteiger partial charge in [0, 0.05) is 15.7 Å². The normalized spacial score (nSPS) is 10.3. The van der Waals surface area contributed by atoms with Gasteiger partial charge in [-0.15, -0.1) is 5.75 Å². The van der Waals surface area contributed by atoms with Crippen LogP contribution in [-0.4, -0.2) is 11.1 Å². The van der Waals surface area contributed by atoms with Crippen molar-refractivity contribution in [3.8, 4) is 16.9 Å². The number of rotatable bonds is 2. The fourth-order valence-corrected chi connectivity index (χ4v) is 2.38. The van der Waals surface area contributed by atoms with Gasteiger partial charge in [0.2, 0.25) is 0 Å². The highest BCUT2D eigenvalue weighted by Gasteiger charge is 2.12. The number of aromatic carboxylic acids is 1. The maximum atomic E-state index is 11.0. The number of nitrogens with two attached hydrogens (primary N) is 1. The van der Waals surface area contributed by atoms with Gasteiger partial charge in [-0.1, -0.05) is 40.2 Å². The van der Waals surface area contributed by atoms with E-state index in [0.29, 0.717) is 15.7 Å². The second kappa shape index (κ2) is 4.70. The Morgan fingerprint density at radius 3 is 2.33 bits per heavy atom. The molecule has 0 saturated carbocycles. The maximum absolute atomic E-state index is 11.0. The molecule has 0 amide bonds. The minimum absolute atomic E-state index is 0.0874. The van der Waals surface area contributed by atoms with E-state index in [1.165, 1.54) is 24.3 Å². The molecule has 18 heavy (non-hydrogen) atoms. The Hall–Kier alpha value is -2.01. The summed E-state index contributed by atoms with van der Waals surface area (Å²) in [7, 11) is 0. The first kappa shape index (κ1) is 12.4. The summed E-state index contributed by atoms with van der Waals surface area (Å²) in [6.07, 6.45) is 0. The molecule has 0 heterocycles. The van der Waals surface area contributed by atoms with E-state index in [1.54, 1.807) is 12.1 Å². The summed E-state index contributed by atoms with van der Waals surface area (Å²) in [5, 5.41) is 20.0. The maximum Gasteiger partial charge on any atom is 0.335 e. The van der Waals surface area contributed by atoms with E-state index in [-0.39, 0.29) is 11.3 Å². The topological polar surface area (TPSA) is 86.4 Å². The molecule has 0 fully saturated rings. The lowest BCUT2D eigenvalue weighted by molar-refractivity contribution is -0.268. The summed E-state index contributed by atoms with van der Waals surface area (Å²) in [5.41, 5.74) is 7.76. The molecule has 0 unspecified atom stereocenters. The van der Waals surface area contributed by atoms with E-state index in [9.17, 15) is 9.90 Å². The first-order chi connectivity index (χ1) is 8.49. The largest absolute Gasteiger partial charge is 0.872 e. The molecule has 0 radical (unpaired) electrons. The summed E-state index contributed by atoms with van der Waals surface area (Å²) in [6, 6.07) is 9.06. The fourth-order valence-electron chi connectivity index (χ4n) is 1.68. The number of nitrogen functional groups attached to an aromatic ring is 1. The molecular formula is C13H9BrNO3-. The minimum atomic E-state index is -1.04. The van der Waals surface area contributed by atoms with Crippen LogP contribution in [0.4, 0.5) is 5.69 Å². The SMILES string of the molecule is Nc1cc(C(=O)O)cc(Br)c1-c1ccc([O-])cc1. The highest BCUT2D eigenvalue weighted by Crippen LogP contribution is 2.35. The summed E-state index contributed by atoms with van der Waals surface area (Å²) in [6.45, 7) is 0. The Morgan fingerprint density at radius 1 is 1.22 bits per heavy atom. The lowest BCUT2D eigenvalue weighted by atomic mass is 10.0. The average Bonchev–Trinajstić information content (AvgIpc) is 2.30. The van der Waals surface area contributed by atoms with E-state index in [4.69, 9.17) is 10.8 Å². The molecule has 0 atom stereocenters. The summed E-state index contributed by atoms with van der Waals surface area (Å²) < 4.78 is 0.582. The van der Waals surface area contributed by atoms with Crippen LogP contribution in [0, 0.1) is 0 Å². The lowest BCUT2D eigenvalue weighted by Crippen LogP contribution is -2.00. The average molecular weight is 307 g/mol. The van der Waals surface area contributed by atoms with E-state index >= 15 is 0 Å². The number of carboxylic acid groups (broad SMARTS) is 1. The van der Waals surface area contributed by atoms with Crippen molar-refractivity contribution in [1.29, 1.82) is 0 Å². The van der Waals surface area contributed by atoms with E-state index in [0.717, 1.165) is 5.56 Å². The molecule has 0 aliphatic rings. The number of halogens is 1. The minimum Gasteiger partial charge on any atom is -0.872 e. The van der Waals surface area contributed by atoms with Crippen LogP contribution in [0.3, 0.4) is 0 Å². The number of hydrogen-bond acceptors (Lipinski definition) is 3. The molecule has 92 valence electrons. The van der Waals surface area contributed by atoms with Crippen molar-refractivity contribution >= 4 is 27.6 Å². The summed E-state index contributed by atoms with van der Waals surface area (Å²) >= 11 is 3.30. The zero-order valence-electron chi connectivity index (χ0n) is 9.18. The quantitative estimate of drug-likeness (QED) is 0.834. The molecule has 0 aliphatic carbocycles. The van der Waals surface area contributed by atoms with Gasteiger partial charge < -0.3 is 15.9 Å². The van der Waals surface area contributed by atoms with Gasteiger partial charge in [0.15, 0.2) is 0 Å². The van der Waals surface area contributed by atoms with Crippen LogP contribution in [-0.2, 0) is 0 Å². The molecule has 0 saturated heterocycles. The predicted octanol–water partition coefficient (Wildman–Crippen LogP) is 2.47. The van der Waals surface area contributed by atoms with Crippen molar-refractivity contribution in [2.45, 2.75) is 0 Å². The van der Waals surface area contributed by atoms with Gasteiger partial charge in [-0.05, 0) is 17.7 Å². The van der Waals surface area contributed by atoms with Gasteiger partial charge in [0.05, 0.1) is 5.56 Å². The Labute approximate surface area is 112 Å². The van der Waals surface area contributed by atoms with Crippen molar-refractivity contribution in [3.05, 3.63) is 46.4 Å². The Kier molecular flexibility index (Phi) is 3.25. The van der Waals surface area contributed by atoms with Crippen LogP contribution in [0.25, 0.3) is 11.1 Å². The van der Waals surface area contributed by atoms with Crippen LogP contribution < -0.4 is 10.8 Å². The number of carboxylic acids is 1. The Morgan fingerprint density at radius 2 is 1.83 bits per heavy atom. The second-order valence-electron chi connectivity index (χ2n) is 3.75. The van der Waals surface area contributed by atoms with Crippen molar-refractivity contribution in [1.82, 2.24) is 0 Å². The Balaban J connectivity index is 2.58. The van der Waals surface area contributed by atoms with Crippen LogP contribution in [0.2, 0.25) is 0 Å². The lowest BCUT2D eigenvalue weighted by Gasteiger charge is -2.12. The third-order valence-corrected chi connectivity index (χ3v) is 3.14. The molecule has 0 aromatic heterocycles. The highest BCUT2D eigenvalue weighted by molar-refractivity contribution is 9.10. The summed E-state index contributed by atoms with van der Waals surface area (Å²) in [5.74, 6) is -1.13. The zero-order chi connectivity index (χ0) is 13.3.